The Balaban J connectivity index is 1.71. The summed E-state index contributed by atoms with van der Waals surface area (Å²) in [5.41, 5.74) is 0.734. The lowest BCUT2D eigenvalue weighted by atomic mass is 10.2. The molecule has 3 aromatic rings. The zero-order valence-corrected chi connectivity index (χ0v) is 20.2. The van der Waals surface area contributed by atoms with Gasteiger partial charge in [-0.2, -0.15) is 4.31 Å². The molecule has 0 aliphatic heterocycles. The third-order valence-electron chi connectivity index (χ3n) is 4.26. The van der Waals surface area contributed by atoms with Gasteiger partial charge in [0.1, 0.15) is 10.7 Å². The van der Waals surface area contributed by atoms with Crippen LogP contribution in [0.3, 0.4) is 0 Å². The molecule has 32 heavy (non-hydrogen) atoms. The number of carbonyl (C=O) groups excluding carboxylic acids is 1. The molecule has 2 N–H and O–H groups in total. The number of nitrogens with zero attached hydrogens (tertiary/aromatic N) is 3. The predicted octanol–water partition coefficient (Wildman–Crippen LogP) is 3.52. The van der Waals surface area contributed by atoms with Crippen LogP contribution in [0.1, 0.15) is 11.4 Å². The van der Waals surface area contributed by atoms with Crippen molar-refractivity contribution in [2.45, 2.75) is 23.5 Å². The predicted molar refractivity (Wildman–Crippen MR) is 125 cm³/mol. The molecule has 0 aliphatic rings. The number of carbonyl (C=O) groups is 1. The van der Waals surface area contributed by atoms with Crippen LogP contribution in [0.5, 0.6) is 0 Å². The highest BCUT2D eigenvalue weighted by atomic mass is 35.5. The molecule has 12 heteroatoms. The van der Waals surface area contributed by atoms with Crippen LogP contribution in [0.25, 0.3) is 0 Å². The van der Waals surface area contributed by atoms with Crippen molar-refractivity contribution in [1.82, 2.24) is 24.8 Å². The number of aromatic nitrogens is 3. The first kappa shape index (κ1) is 24.5. The first-order valence-corrected chi connectivity index (χ1v) is 12.7. The largest absolute Gasteiger partial charge is 0.354 e. The van der Waals surface area contributed by atoms with Crippen molar-refractivity contribution in [1.29, 1.82) is 0 Å². The van der Waals surface area contributed by atoms with Gasteiger partial charge in [0, 0.05) is 23.9 Å². The van der Waals surface area contributed by atoms with Crippen LogP contribution in [0.2, 0.25) is 10.0 Å². The Morgan fingerprint density at radius 3 is 2.62 bits per heavy atom. The molecule has 1 heterocycles. The van der Waals surface area contributed by atoms with Crippen LogP contribution in [-0.4, -0.2) is 52.7 Å². The lowest BCUT2D eigenvalue weighted by Crippen LogP contribution is -2.41. The Hall–Kier alpha value is -2.11. The molecule has 0 atom stereocenters. The summed E-state index contributed by atoms with van der Waals surface area (Å²) in [7, 11) is -4.09. The zero-order valence-electron chi connectivity index (χ0n) is 17.1. The van der Waals surface area contributed by atoms with E-state index in [2.05, 4.69) is 20.5 Å². The van der Waals surface area contributed by atoms with Crippen molar-refractivity contribution in [2.24, 2.45) is 0 Å². The fourth-order valence-corrected chi connectivity index (χ4v) is 5.58. The normalized spacial score (nSPS) is 11.6. The number of rotatable bonds is 10. The molecule has 1 aromatic heterocycles. The van der Waals surface area contributed by atoms with Crippen LogP contribution >= 0.6 is 35.0 Å². The molecule has 170 valence electrons. The second-order valence-electron chi connectivity index (χ2n) is 6.74. The molecular weight excluding hydrogens is 493 g/mol. The Labute approximate surface area is 200 Å². The molecule has 0 saturated heterocycles. The minimum Gasteiger partial charge on any atom is -0.354 e. The van der Waals surface area contributed by atoms with Crippen molar-refractivity contribution >= 4 is 50.9 Å². The van der Waals surface area contributed by atoms with Gasteiger partial charge in [0.15, 0.2) is 0 Å². The lowest BCUT2D eigenvalue weighted by molar-refractivity contribution is -0.121. The summed E-state index contributed by atoms with van der Waals surface area (Å²) >= 11 is 13.5. The third-order valence-corrected chi connectivity index (χ3v) is 7.62. The molecule has 0 radical (unpaired) electrons. The van der Waals surface area contributed by atoms with Crippen LogP contribution in [-0.2, 0) is 21.4 Å². The number of thioether (sulfide) groups is 1. The smallest absolute Gasteiger partial charge is 0.245 e. The fourth-order valence-electron chi connectivity index (χ4n) is 2.76. The third kappa shape index (κ3) is 6.69. The Morgan fingerprint density at radius 1 is 1.19 bits per heavy atom. The monoisotopic (exact) mass is 513 g/mol. The minimum atomic E-state index is -4.09. The van der Waals surface area contributed by atoms with E-state index in [9.17, 15) is 13.2 Å². The van der Waals surface area contributed by atoms with Crippen molar-refractivity contribution in [3.8, 4) is 0 Å². The molecule has 0 unspecified atom stereocenters. The van der Waals surface area contributed by atoms with E-state index in [-0.39, 0.29) is 28.0 Å². The van der Waals surface area contributed by atoms with Gasteiger partial charge in [0.05, 0.1) is 11.6 Å². The first-order valence-electron chi connectivity index (χ1n) is 9.53. The first-order chi connectivity index (χ1) is 15.3. The van der Waals surface area contributed by atoms with Gasteiger partial charge in [-0.3, -0.25) is 9.89 Å². The van der Waals surface area contributed by atoms with Gasteiger partial charge in [-0.25, -0.2) is 13.4 Å². The number of sulfonamides is 1. The molecule has 0 bridgehead atoms. The van der Waals surface area contributed by atoms with E-state index in [0.29, 0.717) is 23.3 Å². The molecule has 0 fully saturated rings. The second-order valence-corrected chi connectivity index (χ2v) is 10.5. The van der Waals surface area contributed by atoms with Gasteiger partial charge in [-0.05, 0) is 30.7 Å². The van der Waals surface area contributed by atoms with E-state index in [1.807, 2.05) is 6.07 Å². The topological polar surface area (TPSA) is 108 Å². The quantitative estimate of drug-likeness (QED) is 0.317. The van der Waals surface area contributed by atoms with Crippen LogP contribution < -0.4 is 5.32 Å². The van der Waals surface area contributed by atoms with Gasteiger partial charge in [0.2, 0.25) is 21.1 Å². The number of amides is 1. The Morgan fingerprint density at radius 2 is 1.94 bits per heavy atom. The summed E-state index contributed by atoms with van der Waals surface area (Å²) in [6, 6.07) is 13.2. The summed E-state index contributed by atoms with van der Waals surface area (Å²) in [6.45, 7) is 1.76. The number of halogens is 2. The van der Waals surface area contributed by atoms with E-state index < -0.39 is 15.9 Å². The van der Waals surface area contributed by atoms with E-state index in [4.69, 9.17) is 23.2 Å². The minimum absolute atomic E-state index is 0.00462. The average molecular weight is 514 g/mol. The van der Waals surface area contributed by atoms with E-state index in [1.54, 1.807) is 31.2 Å². The zero-order chi connectivity index (χ0) is 23.1. The maximum absolute atomic E-state index is 13.3. The van der Waals surface area contributed by atoms with Crippen molar-refractivity contribution in [3.63, 3.8) is 0 Å². The highest BCUT2D eigenvalue weighted by Gasteiger charge is 2.29. The Kier molecular flexibility index (Phi) is 8.55. The highest BCUT2D eigenvalue weighted by molar-refractivity contribution is 7.99. The SMILES string of the molecule is Cc1nc(SCCNC(=O)CN(Cc2ccccc2)S(=O)(=O)c2cc(Cl)ccc2Cl)n[nH]1. The molecule has 0 saturated carbocycles. The summed E-state index contributed by atoms with van der Waals surface area (Å²) in [5, 5.41) is 10.3. The van der Waals surface area contributed by atoms with Gasteiger partial charge < -0.3 is 5.32 Å². The van der Waals surface area contributed by atoms with Crippen molar-refractivity contribution in [3.05, 3.63) is 70.0 Å². The number of benzene rings is 2. The highest BCUT2D eigenvalue weighted by Crippen LogP contribution is 2.28. The molecule has 0 spiro atoms. The number of hydrogen-bond acceptors (Lipinski definition) is 6. The summed E-state index contributed by atoms with van der Waals surface area (Å²) < 4.78 is 27.8. The lowest BCUT2D eigenvalue weighted by Gasteiger charge is -2.22. The van der Waals surface area contributed by atoms with Gasteiger partial charge in [0.25, 0.3) is 0 Å². The van der Waals surface area contributed by atoms with Crippen LogP contribution in [0.4, 0.5) is 0 Å². The second kappa shape index (κ2) is 11.2. The number of H-pyrrole nitrogens is 1. The Bertz CT molecular complexity index is 1170. The number of nitrogens with one attached hydrogen (secondary N) is 2. The molecule has 1 amide bonds. The molecular formula is C20H21Cl2N5O3S2. The van der Waals surface area contributed by atoms with Gasteiger partial charge >= 0.3 is 0 Å². The maximum atomic E-state index is 13.3. The maximum Gasteiger partial charge on any atom is 0.245 e. The molecule has 0 aliphatic carbocycles. The number of hydrogen-bond donors (Lipinski definition) is 2. The van der Waals surface area contributed by atoms with Gasteiger partial charge in [-0.1, -0.05) is 65.3 Å². The van der Waals surface area contributed by atoms with E-state index in [1.165, 1.54) is 30.0 Å². The van der Waals surface area contributed by atoms with Crippen molar-refractivity contribution in [2.75, 3.05) is 18.8 Å². The summed E-state index contributed by atoms with van der Waals surface area (Å²) in [6.07, 6.45) is 0. The number of aryl methyl sites for hydroxylation is 1. The van der Waals surface area contributed by atoms with Crippen LogP contribution in [0, 0.1) is 6.92 Å². The van der Waals surface area contributed by atoms with E-state index in [0.717, 1.165) is 9.87 Å². The fraction of sp³-hybridized carbons (Fsp3) is 0.250. The van der Waals surface area contributed by atoms with Crippen molar-refractivity contribution < 1.29 is 13.2 Å². The van der Waals surface area contributed by atoms with Crippen LogP contribution in [0.15, 0.2) is 58.6 Å². The summed E-state index contributed by atoms with van der Waals surface area (Å²) in [5.74, 6) is 0.807. The molecule has 3 rings (SSSR count). The van der Waals surface area contributed by atoms with E-state index >= 15 is 0 Å². The molecule has 2 aromatic carbocycles. The average Bonchev–Trinajstić information content (AvgIpc) is 3.18. The van der Waals surface area contributed by atoms with Gasteiger partial charge in [-0.15, -0.1) is 5.10 Å². The number of aromatic amines is 1. The standard InChI is InChI=1S/C20H21Cl2N5O3S2/c1-14-24-20(26-25-14)31-10-9-23-19(28)13-27(12-15-5-3-2-4-6-15)32(29,30)18-11-16(21)7-8-17(18)22/h2-8,11H,9-10,12-13H2,1H3,(H,23,28)(H,24,25,26). The molecule has 8 nitrogen and oxygen atoms in total. The summed E-state index contributed by atoms with van der Waals surface area (Å²) in [4.78, 5) is 16.6.